The van der Waals surface area contributed by atoms with E-state index in [4.69, 9.17) is 11.6 Å². The largest absolute Gasteiger partial charge is 0.292 e. The van der Waals surface area contributed by atoms with Crippen LogP contribution in [0.15, 0.2) is 41.5 Å². The van der Waals surface area contributed by atoms with Crippen molar-refractivity contribution in [1.29, 1.82) is 0 Å². The Morgan fingerprint density at radius 1 is 1.20 bits per heavy atom. The lowest BCUT2D eigenvalue weighted by Crippen LogP contribution is -2.29. The van der Waals surface area contributed by atoms with E-state index in [1.165, 1.54) is 5.01 Å². The van der Waals surface area contributed by atoms with Crippen LogP contribution in [0.1, 0.15) is 41.0 Å². The van der Waals surface area contributed by atoms with E-state index in [0.29, 0.717) is 35.7 Å². The van der Waals surface area contributed by atoms with Crippen molar-refractivity contribution in [3.63, 3.8) is 0 Å². The lowest BCUT2D eigenvalue weighted by molar-refractivity contribution is -0.130. The van der Waals surface area contributed by atoms with Crippen LogP contribution in [-0.4, -0.2) is 39.7 Å². The molecule has 1 amide bonds. The number of aromatic nitrogens is 2. The van der Waals surface area contributed by atoms with Crippen molar-refractivity contribution in [1.82, 2.24) is 15.2 Å². The van der Waals surface area contributed by atoms with Gasteiger partial charge in [0.25, 0.3) is 0 Å². The first kappa shape index (κ1) is 17.2. The molecule has 1 aliphatic rings. The molecular formula is C18H17ClN4O2. The molecule has 1 aliphatic heterocycles. The third kappa shape index (κ3) is 4.48. The fourth-order valence-electron chi connectivity index (χ4n) is 2.59. The zero-order valence-electron chi connectivity index (χ0n) is 13.8. The molecule has 0 N–H and O–H groups in total. The number of nitrogens with zero attached hydrogens (tertiary/aromatic N) is 4. The summed E-state index contributed by atoms with van der Waals surface area (Å²) in [4.78, 5) is 23.7. The summed E-state index contributed by atoms with van der Waals surface area (Å²) in [5.74, 6) is -0.190. The Labute approximate surface area is 150 Å². The molecule has 0 radical (unpaired) electrons. The van der Waals surface area contributed by atoms with Crippen LogP contribution in [-0.2, 0) is 11.2 Å². The maximum atomic E-state index is 12.3. The molecule has 0 fully saturated rings. The Morgan fingerprint density at radius 2 is 2.04 bits per heavy atom. The number of amides is 1. The van der Waals surface area contributed by atoms with Crippen LogP contribution in [0.25, 0.3) is 0 Å². The monoisotopic (exact) mass is 356 g/mol. The first-order chi connectivity index (χ1) is 12.0. The maximum Gasteiger partial charge on any atom is 0.242 e. The SMILES string of the molecule is CN1N=C(CC(=O)c2ccc(Cc3cccc(Cl)c3)nn2)CCC1=O. The van der Waals surface area contributed by atoms with E-state index < -0.39 is 0 Å². The minimum Gasteiger partial charge on any atom is -0.292 e. The number of benzene rings is 1. The molecule has 1 aromatic heterocycles. The molecule has 1 aromatic carbocycles. The number of ketones is 1. The van der Waals surface area contributed by atoms with Gasteiger partial charge in [0, 0.05) is 30.6 Å². The zero-order chi connectivity index (χ0) is 17.8. The number of carbonyl (C=O) groups is 2. The molecule has 128 valence electrons. The summed E-state index contributed by atoms with van der Waals surface area (Å²) in [6, 6.07) is 11.0. The van der Waals surface area contributed by atoms with Crippen LogP contribution in [0.4, 0.5) is 0 Å². The zero-order valence-corrected chi connectivity index (χ0v) is 14.5. The van der Waals surface area contributed by atoms with E-state index in [-0.39, 0.29) is 18.1 Å². The Morgan fingerprint density at radius 3 is 2.72 bits per heavy atom. The van der Waals surface area contributed by atoms with E-state index >= 15 is 0 Å². The van der Waals surface area contributed by atoms with E-state index in [1.54, 1.807) is 19.2 Å². The van der Waals surface area contributed by atoms with E-state index in [2.05, 4.69) is 15.3 Å². The van der Waals surface area contributed by atoms with Gasteiger partial charge in [-0.25, -0.2) is 5.01 Å². The van der Waals surface area contributed by atoms with Crippen molar-refractivity contribution >= 4 is 29.0 Å². The second-order valence-electron chi connectivity index (χ2n) is 5.90. The smallest absolute Gasteiger partial charge is 0.242 e. The topological polar surface area (TPSA) is 75.5 Å². The number of hydrogen-bond acceptors (Lipinski definition) is 5. The minimum absolute atomic E-state index is 0.0404. The molecule has 0 saturated carbocycles. The average Bonchev–Trinajstić information content (AvgIpc) is 2.59. The van der Waals surface area contributed by atoms with Gasteiger partial charge < -0.3 is 0 Å². The van der Waals surface area contributed by atoms with E-state index in [9.17, 15) is 9.59 Å². The summed E-state index contributed by atoms with van der Waals surface area (Å²) in [6.07, 6.45) is 1.64. The third-order valence-corrected chi connectivity index (χ3v) is 4.16. The van der Waals surface area contributed by atoms with Gasteiger partial charge in [-0.2, -0.15) is 10.2 Å². The van der Waals surface area contributed by atoms with Crippen molar-refractivity contribution < 1.29 is 9.59 Å². The fourth-order valence-corrected chi connectivity index (χ4v) is 2.80. The van der Waals surface area contributed by atoms with Crippen molar-refractivity contribution in [3.8, 4) is 0 Å². The summed E-state index contributed by atoms with van der Waals surface area (Å²) < 4.78 is 0. The van der Waals surface area contributed by atoms with Crippen LogP contribution in [0.3, 0.4) is 0 Å². The quantitative estimate of drug-likeness (QED) is 0.772. The molecule has 2 aromatic rings. The molecule has 0 saturated heterocycles. The summed E-state index contributed by atoms with van der Waals surface area (Å²) in [5.41, 5.74) is 2.79. The highest BCUT2D eigenvalue weighted by Gasteiger charge is 2.20. The second-order valence-corrected chi connectivity index (χ2v) is 6.34. The molecule has 2 heterocycles. The summed E-state index contributed by atoms with van der Waals surface area (Å²) in [7, 11) is 1.59. The highest BCUT2D eigenvalue weighted by Crippen LogP contribution is 2.15. The Balaban J connectivity index is 1.64. The van der Waals surface area contributed by atoms with E-state index in [0.717, 1.165) is 11.3 Å². The number of carbonyl (C=O) groups excluding carboxylic acids is 2. The van der Waals surface area contributed by atoms with Gasteiger partial charge in [-0.1, -0.05) is 23.7 Å². The summed E-state index contributed by atoms with van der Waals surface area (Å²) >= 11 is 5.97. The Kier molecular flexibility index (Phi) is 5.19. The predicted molar refractivity (Wildman–Crippen MR) is 94.7 cm³/mol. The van der Waals surface area contributed by atoms with Crippen LogP contribution in [0.2, 0.25) is 5.02 Å². The van der Waals surface area contributed by atoms with Gasteiger partial charge >= 0.3 is 0 Å². The first-order valence-electron chi connectivity index (χ1n) is 7.94. The van der Waals surface area contributed by atoms with Gasteiger partial charge in [0.05, 0.1) is 12.1 Å². The number of hydrogen-bond donors (Lipinski definition) is 0. The number of halogens is 1. The molecule has 0 unspecified atom stereocenters. The van der Waals surface area contributed by atoms with E-state index in [1.807, 2.05) is 24.3 Å². The van der Waals surface area contributed by atoms with Gasteiger partial charge in [-0.05, 0) is 36.2 Å². The van der Waals surface area contributed by atoms with Crippen LogP contribution < -0.4 is 0 Å². The molecule has 0 atom stereocenters. The van der Waals surface area contributed by atoms with Gasteiger partial charge in [-0.15, -0.1) is 5.10 Å². The van der Waals surface area contributed by atoms with Crippen LogP contribution >= 0.6 is 11.6 Å². The Hall–Kier alpha value is -2.60. The van der Waals surface area contributed by atoms with Crippen molar-refractivity contribution in [2.24, 2.45) is 5.10 Å². The molecule has 0 aliphatic carbocycles. The number of Topliss-reactive ketones (excluding diaryl/α,β-unsaturated/α-hetero) is 1. The van der Waals surface area contributed by atoms with Crippen molar-refractivity contribution in [2.45, 2.75) is 25.7 Å². The van der Waals surface area contributed by atoms with Crippen LogP contribution in [0.5, 0.6) is 0 Å². The lowest BCUT2D eigenvalue weighted by atomic mass is 10.0. The highest BCUT2D eigenvalue weighted by molar-refractivity contribution is 6.30. The molecule has 6 nitrogen and oxygen atoms in total. The molecular weight excluding hydrogens is 340 g/mol. The normalized spacial score (nSPS) is 14.4. The van der Waals surface area contributed by atoms with Gasteiger partial charge in [-0.3, -0.25) is 9.59 Å². The molecule has 25 heavy (non-hydrogen) atoms. The second kappa shape index (κ2) is 7.53. The minimum atomic E-state index is -0.150. The van der Waals surface area contributed by atoms with Gasteiger partial charge in [0.15, 0.2) is 5.78 Å². The van der Waals surface area contributed by atoms with Crippen molar-refractivity contribution in [2.75, 3.05) is 7.05 Å². The number of rotatable bonds is 5. The lowest BCUT2D eigenvalue weighted by Gasteiger charge is -2.18. The summed E-state index contributed by atoms with van der Waals surface area (Å²) in [5, 5.41) is 14.2. The maximum absolute atomic E-state index is 12.3. The third-order valence-electron chi connectivity index (χ3n) is 3.92. The predicted octanol–water partition coefficient (Wildman–Crippen LogP) is 2.90. The van der Waals surface area contributed by atoms with Gasteiger partial charge in [0.2, 0.25) is 5.91 Å². The Bertz CT molecular complexity index is 833. The van der Waals surface area contributed by atoms with Crippen molar-refractivity contribution in [3.05, 3.63) is 58.4 Å². The fraction of sp³-hybridized carbons (Fsp3) is 0.278. The molecule has 0 bridgehead atoms. The van der Waals surface area contributed by atoms with Crippen LogP contribution in [0, 0.1) is 0 Å². The molecule has 3 rings (SSSR count). The molecule has 0 spiro atoms. The number of hydrazone groups is 1. The standard InChI is InChI=1S/C18H17ClN4O2/c1-23-18(25)8-6-15(22-23)11-17(24)16-7-5-14(20-21-16)10-12-3-2-4-13(19)9-12/h2-5,7,9H,6,8,10-11H2,1H3. The molecule has 7 heteroatoms. The average molecular weight is 357 g/mol. The first-order valence-corrected chi connectivity index (χ1v) is 8.32. The highest BCUT2D eigenvalue weighted by atomic mass is 35.5. The summed E-state index contributed by atoms with van der Waals surface area (Å²) in [6.45, 7) is 0. The van der Waals surface area contributed by atoms with Gasteiger partial charge in [0.1, 0.15) is 5.69 Å².